The lowest BCUT2D eigenvalue weighted by atomic mass is 10.1. The van der Waals surface area contributed by atoms with E-state index in [1.807, 2.05) is 24.3 Å². The summed E-state index contributed by atoms with van der Waals surface area (Å²) in [7, 11) is 0. The molecule has 0 fully saturated rings. The molecule has 2 heteroatoms. The number of ether oxygens (including phenoxy) is 1. The predicted octanol–water partition coefficient (Wildman–Crippen LogP) is 3.16. The monoisotopic (exact) mass is 208 g/mol. The molecule has 0 saturated heterocycles. The van der Waals surface area contributed by atoms with Crippen LogP contribution < -0.4 is 4.74 Å². The molecular formula is C13H20O2. The van der Waals surface area contributed by atoms with E-state index in [-0.39, 0.29) is 0 Å². The van der Waals surface area contributed by atoms with Gasteiger partial charge in [0.2, 0.25) is 0 Å². The van der Waals surface area contributed by atoms with Crippen LogP contribution in [0, 0.1) is 5.92 Å². The van der Waals surface area contributed by atoms with E-state index >= 15 is 0 Å². The van der Waals surface area contributed by atoms with Gasteiger partial charge in [-0.3, -0.25) is 0 Å². The minimum absolute atomic E-state index is 0.474. The summed E-state index contributed by atoms with van der Waals surface area (Å²) < 4.78 is 5.69. The standard InChI is InChI=1S/C13H20O2/c1-4-10(2)9-15-13-8-6-5-7-12(13)11(3)14/h5-8,10-11,14H,4,9H2,1-3H3. The molecule has 0 heterocycles. The number of aliphatic hydroxyl groups excluding tert-OH is 1. The molecule has 0 aliphatic rings. The smallest absolute Gasteiger partial charge is 0.125 e. The summed E-state index contributed by atoms with van der Waals surface area (Å²) in [6, 6.07) is 7.65. The second kappa shape index (κ2) is 5.76. The minimum Gasteiger partial charge on any atom is -0.493 e. The van der Waals surface area contributed by atoms with E-state index in [9.17, 15) is 5.11 Å². The zero-order chi connectivity index (χ0) is 11.3. The van der Waals surface area contributed by atoms with E-state index in [0.717, 1.165) is 17.7 Å². The minimum atomic E-state index is -0.474. The molecule has 2 unspecified atom stereocenters. The maximum Gasteiger partial charge on any atom is 0.125 e. The Hall–Kier alpha value is -1.02. The molecule has 0 amide bonds. The van der Waals surface area contributed by atoms with Gasteiger partial charge in [-0.2, -0.15) is 0 Å². The third-order valence-electron chi connectivity index (χ3n) is 2.59. The number of rotatable bonds is 5. The Balaban J connectivity index is 2.67. The highest BCUT2D eigenvalue weighted by Crippen LogP contribution is 2.24. The average Bonchev–Trinajstić information content (AvgIpc) is 2.26. The highest BCUT2D eigenvalue weighted by molar-refractivity contribution is 5.34. The Kier molecular flexibility index (Phi) is 4.63. The lowest BCUT2D eigenvalue weighted by Crippen LogP contribution is -2.09. The van der Waals surface area contributed by atoms with Gasteiger partial charge in [0, 0.05) is 5.56 Å². The molecule has 0 aromatic heterocycles. The summed E-state index contributed by atoms with van der Waals surface area (Å²) in [6.07, 6.45) is 0.634. The van der Waals surface area contributed by atoms with Crippen LogP contribution in [-0.2, 0) is 0 Å². The summed E-state index contributed by atoms with van der Waals surface area (Å²) in [5, 5.41) is 9.55. The van der Waals surface area contributed by atoms with Crippen molar-refractivity contribution >= 4 is 0 Å². The molecule has 15 heavy (non-hydrogen) atoms. The van der Waals surface area contributed by atoms with Crippen LogP contribution in [0.25, 0.3) is 0 Å². The van der Waals surface area contributed by atoms with Crippen molar-refractivity contribution in [3.63, 3.8) is 0 Å². The molecular weight excluding hydrogens is 188 g/mol. The fourth-order valence-corrected chi connectivity index (χ4v) is 1.31. The molecule has 0 aliphatic carbocycles. The van der Waals surface area contributed by atoms with Crippen LogP contribution in [0.4, 0.5) is 0 Å². The molecule has 0 spiro atoms. The first-order valence-corrected chi connectivity index (χ1v) is 5.55. The molecule has 1 rings (SSSR count). The van der Waals surface area contributed by atoms with Gasteiger partial charge >= 0.3 is 0 Å². The normalized spacial score (nSPS) is 14.7. The highest BCUT2D eigenvalue weighted by Gasteiger charge is 2.08. The molecule has 84 valence electrons. The lowest BCUT2D eigenvalue weighted by molar-refractivity contribution is 0.186. The first-order valence-electron chi connectivity index (χ1n) is 5.55. The molecule has 1 aromatic carbocycles. The van der Waals surface area contributed by atoms with Gasteiger partial charge in [-0.15, -0.1) is 0 Å². The number of hydrogen-bond donors (Lipinski definition) is 1. The zero-order valence-corrected chi connectivity index (χ0v) is 9.73. The maximum atomic E-state index is 9.55. The van der Waals surface area contributed by atoms with Crippen molar-refractivity contribution in [3.8, 4) is 5.75 Å². The average molecular weight is 208 g/mol. The second-order valence-corrected chi connectivity index (χ2v) is 4.04. The first kappa shape index (κ1) is 12.1. The van der Waals surface area contributed by atoms with Gasteiger partial charge in [0.15, 0.2) is 0 Å². The maximum absolute atomic E-state index is 9.55. The summed E-state index contributed by atoms with van der Waals surface area (Å²) in [4.78, 5) is 0. The summed E-state index contributed by atoms with van der Waals surface area (Å²) >= 11 is 0. The Labute approximate surface area is 91.9 Å². The van der Waals surface area contributed by atoms with E-state index < -0.39 is 6.10 Å². The van der Waals surface area contributed by atoms with E-state index in [1.165, 1.54) is 0 Å². The highest BCUT2D eigenvalue weighted by atomic mass is 16.5. The largest absolute Gasteiger partial charge is 0.493 e. The summed E-state index contributed by atoms with van der Waals surface area (Å²) in [6.45, 7) is 6.77. The van der Waals surface area contributed by atoms with Crippen LogP contribution in [-0.4, -0.2) is 11.7 Å². The Morgan fingerprint density at radius 3 is 2.53 bits per heavy atom. The van der Waals surface area contributed by atoms with Crippen LogP contribution in [0.5, 0.6) is 5.75 Å². The molecule has 2 atom stereocenters. The van der Waals surface area contributed by atoms with Crippen molar-refractivity contribution < 1.29 is 9.84 Å². The zero-order valence-electron chi connectivity index (χ0n) is 9.73. The summed E-state index contributed by atoms with van der Waals surface area (Å²) in [5.41, 5.74) is 0.862. The quantitative estimate of drug-likeness (QED) is 0.805. The van der Waals surface area contributed by atoms with Crippen molar-refractivity contribution in [2.75, 3.05) is 6.61 Å². The van der Waals surface area contributed by atoms with Crippen molar-refractivity contribution in [3.05, 3.63) is 29.8 Å². The molecule has 1 N–H and O–H groups in total. The number of benzene rings is 1. The van der Waals surface area contributed by atoms with Gasteiger partial charge in [-0.25, -0.2) is 0 Å². The van der Waals surface area contributed by atoms with Crippen LogP contribution in [0.3, 0.4) is 0 Å². The van der Waals surface area contributed by atoms with Gasteiger partial charge in [-0.1, -0.05) is 38.5 Å². The fourth-order valence-electron chi connectivity index (χ4n) is 1.31. The van der Waals surface area contributed by atoms with Crippen LogP contribution in [0.2, 0.25) is 0 Å². The van der Waals surface area contributed by atoms with Gasteiger partial charge in [0.05, 0.1) is 12.7 Å². The van der Waals surface area contributed by atoms with Crippen LogP contribution >= 0.6 is 0 Å². The molecule has 0 saturated carbocycles. The van der Waals surface area contributed by atoms with Gasteiger partial charge in [0.25, 0.3) is 0 Å². The van der Waals surface area contributed by atoms with E-state index in [0.29, 0.717) is 12.5 Å². The predicted molar refractivity (Wildman–Crippen MR) is 62.0 cm³/mol. The molecule has 0 bridgehead atoms. The van der Waals surface area contributed by atoms with Crippen molar-refractivity contribution in [2.24, 2.45) is 5.92 Å². The molecule has 2 nitrogen and oxygen atoms in total. The number of hydrogen-bond acceptors (Lipinski definition) is 2. The van der Waals surface area contributed by atoms with Crippen LogP contribution in [0.1, 0.15) is 38.9 Å². The van der Waals surface area contributed by atoms with Crippen LogP contribution in [0.15, 0.2) is 24.3 Å². The number of para-hydroxylation sites is 1. The van der Waals surface area contributed by atoms with Gasteiger partial charge in [-0.05, 0) is 18.9 Å². The molecule has 0 aliphatic heterocycles. The van der Waals surface area contributed by atoms with E-state index in [2.05, 4.69) is 13.8 Å². The third kappa shape index (κ3) is 3.56. The first-order chi connectivity index (χ1) is 7.15. The van der Waals surface area contributed by atoms with Gasteiger partial charge in [0.1, 0.15) is 5.75 Å². The molecule has 1 aromatic rings. The molecule has 0 radical (unpaired) electrons. The Bertz CT molecular complexity index is 294. The van der Waals surface area contributed by atoms with Crippen molar-refractivity contribution in [1.82, 2.24) is 0 Å². The topological polar surface area (TPSA) is 29.5 Å². The Morgan fingerprint density at radius 2 is 1.93 bits per heavy atom. The SMILES string of the molecule is CCC(C)COc1ccccc1C(C)O. The van der Waals surface area contributed by atoms with Gasteiger partial charge < -0.3 is 9.84 Å². The Morgan fingerprint density at radius 1 is 1.27 bits per heavy atom. The number of aliphatic hydroxyl groups is 1. The van der Waals surface area contributed by atoms with Crippen molar-refractivity contribution in [2.45, 2.75) is 33.3 Å². The summed E-state index contributed by atoms with van der Waals surface area (Å²) in [5.74, 6) is 1.35. The van der Waals surface area contributed by atoms with Crippen molar-refractivity contribution in [1.29, 1.82) is 0 Å². The van der Waals surface area contributed by atoms with E-state index in [4.69, 9.17) is 4.74 Å². The third-order valence-corrected chi connectivity index (χ3v) is 2.59. The lowest BCUT2D eigenvalue weighted by Gasteiger charge is -2.15. The second-order valence-electron chi connectivity index (χ2n) is 4.04. The van der Waals surface area contributed by atoms with E-state index in [1.54, 1.807) is 6.92 Å². The fraction of sp³-hybridized carbons (Fsp3) is 0.538.